The number of aliphatic hydroxyl groups is 3. The minimum Gasteiger partial charge on any atom is -0.508 e. The van der Waals surface area contributed by atoms with Crippen LogP contribution in [0.15, 0.2) is 78.0 Å². The quantitative estimate of drug-likeness (QED) is 0.0520. The van der Waals surface area contributed by atoms with E-state index < -0.39 is 89.7 Å². The zero-order valence-electron chi connectivity index (χ0n) is 48.0. The van der Waals surface area contributed by atoms with Gasteiger partial charge in [-0.25, -0.2) is 5.43 Å². The number of aliphatic hydroxyl groups excluding tert-OH is 3. The number of carbonyl (C=O) groups excluding carboxylic acids is 6. The molecule has 0 aliphatic carbocycles. The lowest BCUT2D eigenvalue weighted by Gasteiger charge is -2.51. The molecule has 4 amide bonds. The number of nitrogens with one attached hydrogen (secondary N) is 4. The average molecular weight is 1090 g/mol. The van der Waals surface area contributed by atoms with E-state index in [0.29, 0.717) is 43.2 Å². The first kappa shape index (κ1) is 63.4. The predicted octanol–water partition coefficient (Wildman–Crippen LogP) is 6.67. The van der Waals surface area contributed by atoms with Gasteiger partial charge in [0.05, 0.1) is 30.3 Å². The van der Waals surface area contributed by atoms with Crippen molar-refractivity contribution in [2.45, 2.75) is 201 Å². The SMILES string of the molecule is CC[C@H]1C[C@H](C)[C@@]2(NC1=O)O[C@@H](C[C@H](O)[C@@H](C)CC/C=C/C=C(\C)[C@@H]1C/C=C/C=C/[C@H](O)[C@H](C)[C@@H](O)[C@@H](CCC(C)=O)C(=O)N[C@@H](C(C)C)C(=O)N[C@@H](Cc3ccc(C)c(O)c3)C(=O)N3CCCC(N3)C(=O)O1)[C@H](C)C=C2C. The summed E-state index contributed by atoms with van der Waals surface area (Å²) in [5.41, 5.74) is 5.07. The number of hydrogen-bond donors (Lipinski definition) is 8. The van der Waals surface area contributed by atoms with E-state index in [-0.39, 0.29) is 79.4 Å². The Morgan fingerprint density at radius 3 is 2.40 bits per heavy atom. The molecule has 1 spiro atoms. The molecule has 1 aromatic rings. The maximum atomic E-state index is 14.6. The number of aryl methyl sites for hydroxylation is 1. The summed E-state index contributed by atoms with van der Waals surface area (Å²) in [6.45, 7) is 20.5. The number of hydrazine groups is 1. The van der Waals surface area contributed by atoms with E-state index >= 15 is 0 Å². The molecule has 4 aliphatic heterocycles. The highest BCUT2D eigenvalue weighted by Crippen LogP contribution is 2.43. The minimum atomic E-state index is -1.43. The van der Waals surface area contributed by atoms with Gasteiger partial charge in [0.15, 0.2) is 5.72 Å². The first-order valence-corrected chi connectivity index (χ1v) is 28.4. The topological polar surface area (TPSA) is 253 Å². The first-order chi connectivity index (χ1) is 36.9. The average Bonchev–Trinajstić information content (AvgIpc) is 3.48. The molecule has 4 aliphatic rings. The number of carbonyl (C=O) groups is 6. The largest absolute Gasteiger partial charge is 0.508 e. The van der Waals surface area contributed by atoms with Gasteiger partial charge in [-0.05, 0) is 113 Å². The van der Waals surface area contributed by atoms with E-state index in [1.165, 1.54) is 24.1 Å². The van der Waals surface area contributed by atoms with Crippen LogP contribution >= 0.6 is 0 Å². The molecule has 17 heteroatoms. The summed E-state index contributed by atoms with van der Waals surface area (Å²) in [7, 11) is 0. The van der Waals surface area contributed by atoms with Crippen molar-refractivity contribution in [2.75, 3.05) is 6.54 Å². The van der Waals surface area contributed by atoms with E-state index in [2.05, 4.69) is 41.3 Å². The zero-order chi connectivity index (χ0) is 57.6. The van der Waals surface area contributed by atoms with Crippen LogP contribution in [0.2, 0.25) is 0 Å². The molecule has 5 rings (SSSR count). The van der Waals surface area contributed by atoms with Crippen LogP contribution < -0.4 is 21.4 Å². The van der Waals surface area contributed by atoms with Crippen LogP contribution in [-0.2, 0) is 44.7 Å². The number of phenols is 1. The van der Waals surface area contributed by atoms with Crippen LogP contribution in [0.1, 0.15) is 145 Å². The van der Waals surface area contributed by atoms with Crippen LogP contribution in [0.5, 0.6) is 5.75 Å². The molecule has 8 N–H and O–H groups in total. The molecule has 15 atom stereocenters. The van der Waals surface area contributed by atoms with Crippen molar-refractivity contribution in [3.63, 3.8) is 0 Å². The number of fused-ring (bicyclic) bond motifs is 2. The van der Waals surface area contributed by atoms with Crippen LogP contribution in [0.4, 0.5) is 0 Å². The lowest BCUT2D eigenvalue weighted by molar-refractivity contribution is -0.179. The monoisotopic (exact) mass is 1090 g/mol. The Bertz CT molecular complexity index is 2410. The van der Waals surface area contributed by atoms with Gasteiger partial charge in [0.25, 0.3) is 5.91 Å². The zero-order valence-corrected chi connectivity index (χ0v) is 48.0. The summed E-state index contributed by atoms with van der Waals surface area (Å²) in [6.07, 6.45) is 14.4. The number of piperidine rings is 1. The highest BCUT2D eigenvalue weighted by atomic mass is 16.5. The van der Waals surface area contributed by atoms with Crippen molar-refractivity contribution in [1.82, 2.24) is 26.4 Å². The van der Waals surface area contributed by atoms with E-state index in [0.717, 1.165) is 24.0 Å². The first-order valence-electron chi connectivity index (χ1n) is 28.4. The number of aromatic hydroxyl groups is 1. The molecule has 2 fully saturated rings. The number of nitrogens with zero attached hydrogens (tertiary/aromatic N) is 1. The second-order valence-electron chi connectivity index (χ2n) is 23.1. The summed E-state index contributed by atoms with van der Waals surface area (Å²) < 4.78 is 13.0. The van der Waals surface area contributed by atoms with E-state index in [1.807, 2.05) is 45.9 Å². The molecule has 2 saturated heterocycles. The van der Waals surface area contributed by atoms with Crippen LogP contribution in [0.25, 0.3) is 0 Å². The second-order valence-corrected chi connectivity index (χ2v) is 23.1. The number of allylic oxidation sites excluding steroid dienone is 5. The summed E-state index contributed by atoms with van der Waals surface area (Å²) in [5.74, 6) is -5.26. The number of Topliss-reactive ketones (excluding diaryl/α,β-unsaturated/α-hetero) is 1. The number of phenolic OH excluding ortho intramolecular Hbond substituents is 1. The predicted molar refractivity (Wildman–Crippen MR) is 299 cm³/mol. The van der Waals surface area contributed by atoms with Gasteiger partial charge in [-0.3, -0.25) is 29.0 Å². The summed E-state index contributed by atoms with van der Waals surface area (Å²) in [6, 6.07) is 1.61. The number of cyclic esters (lactones) is 1. The molecule has 1 aromatic carbocycles. The van der Waals surface area contributed by atoms with Crippen molar-refractivity contribution in [3.05, 3.63) is 89.1 Å². The number of rotatable bonds is 15. The van der Waals surface area contributed by atoms with Gasteiger partial charge >= 0.3 is 5.97 Å². The molecule has 0 saturated carbocycles. The summed E-state index contributed by atoms with van der Waals surface area (Å²) >= 11 is 0. The molecule has 432 valence electrons. The molecule has 0 radical (unpaired) electrons. The van der Waals surface area contributed by atoms with E-state index in [1.54, 1.807) is 58.1 Å². The normalized spacial score (nSPS) is 33.0. The Labute approximate surface area is 462 Å². The molecular formula is C61H91N5O12. The summed E-state index contributed by atoms with van der Waals surface area (Å²) in [5, 5.41) is 55.1. The van der Waals surface area contributed by atoms with Crippen molar-refractivity contribution < 1.29 is 58.7 Å². The Morgan fingerprint density at radius 2 is 1.72 bits per heavy atom. The number of ketones is 1. The minimum absolute atomic E-state index is 0.00485. The Hall–Kier alpha value is -5.46. The smallest absolute Gasteiger partial charge is 0.325 e. The van der Waals surface area contributed by atoms with Gasteiger partial charge in [0.2, 0.25) is 17.7 Å². The summed E-state index contributed by atoms with van der Waals surface area (Å²) in [4.78, 5) is 82.3. The maximum Gasteiger partial charge on any atom is 0.325 e. The fraction of sp³-hybridized carbons (Fsp3) is 0.639. The van der Waals surface area contributed by atoms with Crippen molar-refractivity contribution in [1.29, 1.82) is 0 Å². The van der Waals surface area contributed by atoms with Crippen molar-refractivity contribution in [2.24, 2.45) is 41.4 Å². The number of ether oxygens (including phenoxy) is 2. The highest BCUT2D eigenvalue weighted by Gasteiger charge is 2.51. The van der Waals surface area contributed by atoms with Gasteiger partial charge in [0, 0.05) is 55.9 Å². The molecule has 0 aromatic heterocycles. The third-order valence-electron chi connectivity index (χ3n) is 16.6. The second kappa shape index (κ2) is 29.1. The van der Waals surface area contributed by atoms with Gasteiger partial charge in [-0.1, -0.05) is 109 Å². The lowest BCUT2D eigenvalue weighted by atomic mass is 9.75. The molecule has 78 heavy (non-hydrogen) atoms. The van der Waals surface area contributed by atoms with Crippen molar-refractivity contribution in [3.8, 4) is 5.75 Å². The highest BCUT2D eigenvalue weighted by molar-refractivity contribution is 5.93. The standard InChI is InChI=1S/C61H91N5O12/c1-12-45-31-41(9)61(64-56(45)72)40(8)30-39(7)53(78-61)34-51(70)36(4)20-15-13-16-21-38(6)52-24-18-14-17-23-49(68)43(11)55(71)46(28-26-42(10)67)57(73)63-54(35(2)3)58(74)62-48(32-44-27-25-37(5)50(69)33-44)59(75)66-29-19-22-47(65-66)60(76)77-52/h13-14,16-18,21,23,25,27,30,33,35-36,39,41,43,45-49,51-55,65,68-71H,12,15,19-20,22,24,26,28-29,31-32,34H2,1-11H3,(H,62,74)(H,63,73)(H,64,72)/b16-13+,18-14+,23-17+,38-21+/t36-,39+,41-,43-,45-,46+,47?,48-,49-,51-,52-,53-,54-,55+,61-/m0/s1. The van der Waals surface area contributed by atoms with Gasteiger partial charge in [-0.15, -0.1) is 0 Å². The van der Waals surface area contributed by atoms with Crippen molar-refractivity contribution >= 4 is 35.4 Å². The molecule has 4 heterocycles. The van der Waals surface area contributed by atoms with Crippen LogP contribution in [-0.4, -0.2) is 122 Å². The maximum absolute atomic E-state index is 14.6. The molecule has 2 bridgehead atoms. The fourth-order valence-corrected chi connectivity index (χ4v) is 11.0. The van der Waals surface area contributed by atoms with E-state index in [4.69, 9.17) is 9.47 Å². The number of esters is 1. The van der Waals surface area contributed by atoms with Crippen LogP contribution in [0, 0.1) is 48.3 Å². The van der Waals surface area contributed by atoms with Gasteiger partial charge in [0.1, 0.15) is 35.8 Å². The lowest BCUT2D eigenvalue weighted by Crippen LogP contribution is -2.64. The number of hydrogen-bond acceptors (Lipinski definition) is 13. The molecule has 17 nitrogen and oxygen atoms in total. The van der Waals surface area contributed by atoms with Gasteiger partial charge < -0.3 is 50.6 Å². The van der Waals surface area contributed by atoms with E-state index in [9.17, 15) is 49.2 Å². The van der Waals surface area contributed by atoms with Crippen LogP contribution in [0.3, 0.4) is 0 Å². The fourth-order valence-electron chi connectivity index (χ4n) is 11.0. The number of benzene rings is 1. The third kappa shape index (κ3) is 16.8. The molecular weight excluding hydrogens is 995 g/mol. The Kier molecular flexibility index (Phi) is 23.7. The molecule has 1 unspecified atom stereocenters. The third-order valence-corrected chi connectivity index (χ3v) is 16.6. The van der Waals surface area contributed by atoms with Gasteiger partial charge in [-0.2, -0.15) is 0 Å². The Balaban J connectivity index is 1.35. The Morgan fingerprint density at radius 1 is 0.987 bits per heavy atom. The number of amides is 4.